The first-order valence-corrected chi connectivity index (χ1v) is 2.18. The molecule has 0 bridgehead atoms. The van der Waals surface area contributed by atoms with E-state index in [1.807, 2.05) is 6.92 Å². The molecule has 0 spiro atoms. The van der Waals surface area contributed by atoms with Crippen molar-refractivity contribution in [2.75, 3.05) is 6.54 Å². The minimum absolute atomic E-state index is 0. The summed E-state index contributed by atoms with van der Waals surface area (Å²) in [6.07, 6.45) is -0.352. The highest BCUT2D eigenvalue weighted by Crippen LogP contribution is 1.65. The van der Waals surface area contributed by atoms with E-state index < -0.39 is 0 Å². The first-order chi connectivity index (χ1) is 2.77. The number of nitrogens with one attached hydrogen (secondary N) is 1. The molecule has 0 rings (SSSR count). The van der Waals surface area contributed by atoms with E-state index >= 15 is 0 Å². The second kappa shape index (κ2) is 5.88. The highest BCUT2D eigenvalue weighted by Gasteiger charge is 1.83. The van der Waals surface area contributed by atoms with Gasteiger partial charge in [0.1, 0.15) is 6.23 Å². The summed E-state index contributed by atoms with van der Waals surface area (Å²) in [4.78, 5) is 0. The lowest BCUT2D eigenvalue weighted by molar-refractivity contribution is 0.159. The summed E-state index contributed by atoms with van der Waals surface area (Å²) in [7, 11) is 0. The molecule has 0 fully saturated rings. The van der Waals surface area contributed by atoms with Crippen LogP contribution in [0.2, 0.25) is 0 Å². The molecular weight excluding hydrogens is 94.0 g/mol. The molecule has 0 aliphatic carbocycles. The van der Waals surface area contributed by atoms with Crippen molar-refractivity contribution < 1.29 is 10.6 Å². The quantitative estimate of drug-likeness (QED) is 0.449. The Morgan fingerprint density at radius 3 is 2.14 bits per heavy atom. The van der Waals surface area contributed by atoms with E-state index in [0.717, 1.165) is 6.54 Å². The van der Waals surface area contributed by atoms with Crippen molar-refractivity contribution >= 4 is 0 Å². The molecule has 1 atom stereocenters. The van der Waals surface area contributed by atoms with Crippen molar-refractivity contribution in [3.8, 4) is 0 Å². The number of hydrogen-bond acceptors (Lipinski definition) is 2. The van der Waals surface area contributed by atoms with Crippen molar-refractivity contribution in [1.29, 1.82) is 0 Å². The van der Waals surface area contributed by atoms with Crippen LogP contribution in [0, 0.1) is 0 Å². The number of aliphatic hydroxyl groups excluding tert-OH is 1. The maximum absolute atomic E-state index is 8.44. The van der Waals surface area contributed by atoms with E-state index in [0.29, 0.717) is 0 Å². The summed E-state index contributed by atoms with van der Waals surface area (Å²) in [6, 6.07) is 0. The molecule has 0 aromatic rings. The summed E-state index contributed by atoms with van der Waals surface area (Å²) < 4.78 is 0. The predicted octanol–water partition coefficient (Wildman–Crippen LogP) is -0.890. The Morgan fingerprint density at radius 2 is 2.14 bits per heavy atom. The van der Waals surface area contributed by atoms with E-state index in [1.54, 1.807) is 6.92 Å². The van der Waals surface area contributed by atoms with Crippen LogP contribution in [0.1, 0.15) is 13.8 Å². The van der Waals surface area contributed by atoms with Gasteiger partial charge in [-0.3, -0.25) is 5.32 Å². The van der Waals surface area contributed by atoms with Crippen LogP contribution in [-0.2, 0) is 0 Å². The summed E-state index contributed by atoms with van der Waals surface area (Å²) in [5.41, 5.74) is 0. The van der Waals surface area contributed by atoms with Crippen LogP contribution in [0.15, 0.2) is 0 Å². The molecule has 0 aromatic heterocycles. The summed E-state index contributed by atoms with van der Waals surface area (Å²) >= 11 is 0. The highest BCUT2D eigenvalue weighted by atomic mass is 16.3. The third-order valence-electron chi connectivity index (χ3n) is 0.500. The molecule has 3 nitrogen and oxygen atoms in total. The second-order valence-electron chi connectivity index (χ2n) is 1.23. The number of aliphatic hydroxyl groups is 1. The molecule has 0 saturated carbocycles. The first kappa shape index (κ1) is 9.99. The van der Waals surface area contributed by atoms with Crippen LogP contribution in [-0.4, -0.2) is 23.4 Å². The van der Waals surface area contributed by atoms with Gasteiger partial charge in [-0.1, -0.05) is 6.92 Å². The molecule has 0 aliphatic heterocycles. The fourth-order valence-corrected chi connectivity index (χ4v) is 0.295. The van der Waals surface area contributed by atoms with E-state index in [9.17, 15) is 0 Å². The SMILES string of the molecule is CCNC(C)O.O. The van der Waals surface area contributed by atoms with Crippen molar-refractivity contribution in [2.24, 2.45) is 0 Å². The zero-order valence-electron chi connectivity index (χ0n) is 4.73. The van der Waals surface area contributed by atoms with E-state index in [2.05, 4.69) is 5.32 Å². The van der Waals surface area contributed by atoms with Gasteiger partial charge in [-0.05, 0) is 13.5 Å². The summed E-state index contributed by atoms with van der Waals surface area (Å²) in [5.74, 6) is 0. The molecule has 3 heteroatoms. The molecule has 4 N–H and O–H groups in total. The minimum atomic E-state index is -0.352. The molecule has 0 radical (unpaired) electrons. The van der Waals surface area contributed by atoms with Crippen molar-refractivity contribution in [1.82, 2.24) is 5.32 Å². The molecule has 0 saturated heterocycles. The zero-order chi connectivity index (χ0) is 4.99. The van der Waals surface area contributed by atoms with E-state index in [1.165, 1.54) is 0 Å². The van der Waals surface area contributed by atoms with E-state index in [-0.39, 0.29) is 11.7 Å². The summed E-state index contributed by atoms with van der Waals surface area (Å²) in [6.45, 7) is 4.48. The Hall–Kier alpha value is -0.120. The third-order valence-corrected chi connectivity index (χ3v) is 0.500. The Labute approximate surface area is 43.7 Å². The highest BCUT2D eigenvalue weighted by molar-refractivity contribution is 4.36. The predicted molar refractivity (Wildman–Crippen MR) is 29.0 cm³/mol. The van der Waals surface area contributed by atoms with Gasteiger partial charge < -0.3 is 10.6 Å². The Balaban J connectivity index is 0. The Bertz CT molecular complexity index is 30.9. The second-order valence-corrected chi connectivity index (χ2v) is 1.23. The number of rotatable bonds is 2. The average Bonchev–Trinajstić information content (AvgIpc) is 1.35. The van der Waals surface area contributed by atoms with Crippen LogP contribution >= 0.6 is 0 Å². The molecule has 46 valence electrons. The summed E-state index contributed by atoms with van der Waals surface area (Å²) in [5, 5.41) is 11.2. The third kappa shape index (κ3) is 10.7. The van der Waals surface area contributed by atoms with Crippen LogP contribution < -0.4 is 5.32 Å². The first-order valence-electron chi connectivity index (χ1n) is 2.18. The number of hydrogen-bond donors (Lipinski definition) is 2. The van der Waals surface area contributed by atoms with Gasteiger partial charge in [0, 0.05) is 0 Å². The molecule has 0 aliphatic rings. The van der Waals surface area contributed by atoms with Gasteiger partial charge in [0.15, 0.2) is 0 Å². The average molecular weight is 107 g/mol. The van der Waals surface area contributed by atoms with Crippen LogP contribution in [0.3, 0.4) is 0 Å². The van der Waals surface area contributed by atoms with Gasteiger partial charge in [0.2, 0.25) is 0 Å². The fourth-order valence-electron chi connectivity index (χ4n) is 0.295. The van der Waals surface area contributed by atoms with Crippen molar-refractivity contribution in [2.45, 2.75) is 20.1 Å². The molecule has 0 aromatic carbocycles. The Kier molecular flexibility index (Phi) is 8.39. The Morgan fingerprint density at radius 1 is 1.71 bits per heavy atom. The van der Waals surface area contributed by atoms with Gasteiger partial charge in [-0.25, -0.2) is 0 Å². The van der Waals surface area contributed by atoms with Gasteiger partial charge in [0.25, 0.3) is 0 Å². The van der Waals surface area contributed by atoms with Crippen molar-refractivity contribution in [3.63, 3.8) is 0 Å². The van der Waals surface area contributed by atoms with E-state index in [4.69, 9.17) is 5.11 Å². The van der Waals surface area contributed by atoms with Crippen LogP contribution in [0.25, 0.3) is 0 Å². The lowest BCUT2D eigenvalue weighted by Crippen LogP contribution is -2.24. The maximum Gasteiger partial charge on any atom is 0.102 e. The molecule has 1 unspecified atom stereocenters. The monoisotopic (exact) mass is 107 g/mol. The van der Waals surface area contributed by atoms with Gasteiger partial charge in [-0.2, -0.15) is 0 Å². The lowest BCUT2D eigenvalue weighted by Gasteiger charge is -2.00. The van der Waals surface area contributed by atoms with Gasteiger partial charge >= 0.3 is 0 Å². The van der Waals surface area contributed by atoms with Crippen LogP contribution in [0.5, 0.6) is 0 Å². The van der Waals surface area contributed by atoms with Gasteiger partial charge in [0.05, 0.1) is 0 Å². The lowest BCUT2D eigenvalue weighted by atomic mass is 10.6. The molecule has 7 heavy (non-hydrogen) atoms. The standard InChI is InChI=1S/C4H11NO.H2O/c1-3-5-4(2)6;/h4-6H,3H2,1-2H3;1H2. The van der Waals surface area contributed by atoms with Crippen molar-refractivity contribution in [3.05, 3.63) is 0 Å². The maximum atomic E-state index is 8.44. The topological polar surface area (TPSA) is 63.8 Å². The molecular formula is C4H13NO2. The smallest absolute Gasteiger partial charge is 0.102 e. The fraction of sp³-hybridized carbons (Fsp3) is 1.00. The molecule has 0 amide bonds. The zero-order valence-corrected chi connectivity index (χ0v) is 4.73. The minimum Gasteiger partial charge on any atom is -0.412 e. The molecule has 0 heterocycles. The normalized spacial score (nSPS) is 12.4. The van der Waals surface area contributed by atoms with Crippen LogP contribution in [0.4, 0.5) is 0 Å². The largest absolute Gasteiger partial charge is 0.412 e. The van der Waals surface area contributed by atoms with Gasteiger partial charge in [-0.15, -0.1) is 0 Å².